The van der Waals surface area contributed by atoms with Gasteiger partial charge < -0.3 is 23.8 Å². The lowest BCUT2D eigenvalue weighted by atomic mass is 10.0. The van der Waals surface area contributed by atoms with Crippen LogP contribution in [0.3, 0.4) is 0 Å². The minimum atomic E-state index is -0.582. The van der Waals surface area contributed by atoms with Crippen LogP contribution in [-0.2, 0) is 38.2 Å². The van der Waals surface area contributed by atoms with Crippen molar-refractivity contribution >= 4 is 41.2 Å². The third-order valence-corrected chi connectivity index (χ3v) is 6.74. The van der Waals surface area contributed by atoms with Crippen molar-refractivity contribution in [1.29, 1.82) is 0 Å². The Labute approximate surface area is 259 Å². The van der Waals surface area contributed by atoms with Crippen LogP contribution in [0.4, 0.5) is 0 Å². The molecule has 43 heavy (non-hydrogen) atoms. The van der Waals surface area contributed by atoms with Gasteiger partial charge in [0, 0.05) is 16.9 Å². The number of hydrogen-bond donors (Lipinski definition) is 0. The molecule has 0 bridgehead atoms. The number of ether oxygens (including phenoxy) is 4. The van der Waals surface area contributed by atoms with Crippen molar-refractivity contribution in [3.8, 4) is 0 Å². The molecule has 1 atom stereocenters. The summed E-state index contributed by atoms with van der Waals surface area (Å²) >= 11 is 1.28. The molecular formula is C32H45NO9S. The fraction of sp³-hybridized carbons (Fsp3) is 0.531. The van der Waals surface area contributed by atoms with E-state index in [1.165, 1.54) is 11.8 Å². The van der Waals surface area contributed by atoms with Crippen LogP contribution in [0.1, 0.15) is 75.6 Å². The zero-order chi connectivity index (χ0) is 31.7. The van der Waals surface area contributed by atoms with Gasteiger partial charge in [0.1, 0.15) is 11.8 Å². The van der Waals surface area contributed by atoms with E-state index in [0.717, 1.165) is 30.6 Å². The van der Waals surface area contributed by atoms with Crippen molar-refractivity contribution in [2.24, 2.45) is 5.16 Å². The summed E-state index contributed by atoms with van der Waals surface area (Å²) in [4.78, 5) is 54.9. The summed E-state index contributed by atoms with van der Waals surface area (Å²) in [7, 11) is 0. The number of thioether (sulfide) groups is 1. The highest BCUT2D eigenvalue weighted by molar-refractivity contribution is 8.00. The number of Topliss-reactive ketones (excluding diaryl/α,β-unsaturated/α-hetero) is 1. The monoisotopic (exact) mass is 619 g/mol. The molecule has 238 valence electrons. The molecule has 0 heterocycles. The number of carbonyl (C=O) groups is 4. The topological polar surface area (TPSA) is 127 Å². The van der Waals surface area contributed by atoms with Crippen LogP contribution >= 0.6 is 11.8 Å². The second-order valence-electron chi connectivity index (χ2n) is 9.49. The summed E-state index contributed by atoms with van der Waals surface area (Å²) in [6.07, 6.45) is 7.49. The lowest BCUT2D eigenvalue weighted by molar-refractivity contribution is -0.149. The molecule has 1 aromatic rings. The van der Waals surface area contributed by atoms with Crippen LogP contribution in [0, 0.1) is 0 Å². The van der Waals surface area contributed by atoms with E-state index >= 15 is 0 Å². The Morgan fingerprint density at radius 2 is 1.51 bits per heavy atom. The average Bonchev–Trinajstić information content (AvgIpc) is 3.00. The van der Waals surface area contributed by atoms with Crippen LogP contribution in [0.25, 0.3) is 0 Å². The van der Waals surface area contributed by atoms with Crippen molar-refractivity contribution in [3.05, 3.63) is 55.1 Å². The van der Waals surface area contributed by atoms with Gasteiger partial charge in [-0.2, -0.15) is 0 Å². The van der Waals surface area contributed by atoms with E-state index < -0.39 is 18.0 Å². The van der Waals surface area contributed by atoms with Gasteiger partial charge in [-0.3, -0.25) is 14.4 Å². The molecule has 0 amide bonds. The number of oxime groups is 1. The summed E-state index contributed by atoms with van der Waals surface area (Å²) in [5.41, 5.74) is 0.586. The smallest absolute Gasteiger partial charge is 0.337 e. The predicted octanol–water partition coefficient (Wildman–Crippen LogP) is 5.88. The van der Waals surface area contributed by atoms with Crippen molar-refractivity contribution in [2.45, 2.75) is 76.2 Å². The van der Waals surface area contributed by atoms with Crippen LogP contribution < -0.4 is 0 Å². The summed E-state index contributed by atoms with van der Waals surface area (Å²) in [5, 5.41) is 3.90. The van der Waals surface area contributed by atoms with Gasteiger partial charge in [-0.1, -0.05) is 43.5 Å². The summed E-state index contributed by atoms with van der Waals surface area (Å²) < 4.78 is 20.8. The first-order chi connectivity index (χ1) is 20.8. The van der Waals surface area contributed by atoms with Crippen LogP contribution in [-0.4, -0.2) is 74.3 Å². The van der Waals surface area contributed by atoms with Gasteiger partial charge in [0.05, 0.1) is 51.6 Å². The maximum atomic E-state index is 13.1. The largest absolute Gasteiger partial charge is 0.465 e. The number of nitrogens with zero attached hydrogens (tertiary/aromatic N) is 1. The Morgan fingerprint density at radius 1 is 0.860 bits per heavy atom. The summed E-state index contributed by atoms with van der Waals surface area (Å²) in [6, 6.07) is 6.79. The number of rotatable bonds is 25. The van der Waals surface area contributed by atoms with Crippen molar-refractivity contribution < 1.29 is 43.0 Å². The van der Waals surface area contributed by atoms with Crippen molar-refractivity contribution in [3.63, 3.8) is 0 Å². The molecule has 0 aliphatic carbocycles. The third-order valence-electron chi connectivity index (χ3n) is 5.75. The van der Waals surface area contributed by atoms with E-state index in [-0.39, 0.29) is 55.9 Å². The Kier molecular flexibility index (Phi) is 21.2. The summed E-state index contributed by atoms with van der Waals surface area (Å²) in [6.45, 7) is 12.2. The molecule has 0 aliphatic heterocycles. The second kappa shape index (κ2) is 24.2. The number of hydrogen-bond acceptors (Lipinski definition) is 11. The molecule has 10 nitrogen and oxygen atoms in total. The fourth-order valence-electron chi connectivity index (χ4n) is 3.46. The van der Waals surface area contributed by atoms with Gasteiger partial charge in [-0.05, 0) is 44.0 Å². The maximum Gasteiger partial charge on any atom is 0.337 e. The number of benzene rings is 1. The standard InChI is InChI=1S/C32H45NO9S/c1-5-8-9-10-11-28(33-42-30(35)18-22-39-20-7-3)32(37)26-12-14-27(15-13-26)43-24-31(36)41-25(4)16-23-40-29(34)17-21-38-19-6-2/h6-7,12-15,25H,2-3,5,8-11,16-24H2,1,4H3/b33-28+. The van der Waals surface area contributed by atoms with E-state index in [4.69, 9.17) is 23.8 Å². The molecule has 0 aromatic heterocycles. The average molecular weight is 620 g/mol. The molecule has 0 saturated carbocycles. The quantitative estimate of drug-likeness (QED) is 0.0191. The molecule has 1 rings (SSSR count). The highest BCUT2D eigenvalue weighted by Crippen LogP contribution is 2.20. The normalized spacial score (nSPS) is 11.8. The van der Waals surface area contributed by atoms with E-state index in [0.29, 0.717) is 31.6 Å². The van der Waals surface area contributed by atoms with Crippen molar-refractivity contribution in [2.75, 3.05) is 38.8 Å². The Balaban J connectivity index is 2.55. The molecule has 0 saturated heterocycles. The van der Waals surface area contributed by atoms with Gasteiger partial charge in [-0.25, -0.2) is 4.79 Å². The van der Waals surface area contributed by atoms with Gasteiger partial charge in [0.2, 0.25) is 5.78 Å². The Bertz CT molecular complexity index is 1040. The molecule has 0 spiro atoms. The molecule has 0 radical (unpaired) electrons. The lowest BCUT2D eigenvalue weighted by Crippen LogP contribution is -2.19. The van der Waals surface area contributed by atoms with Gasteiger partial charge in [0.25, 0.3) is 0 Å². The van der Waals surface area contributed by atoms with Crippen LogP contribution in [0.5, 0.6) is 0 Å². The zero-order valence-electron chi connectivity index (χ0n) is 25.4. The first-order valence-electron chi connectivity index (χ1n) is 14.6. The molecule has 0 fully saturated rings. The Hall–Kier alpha value is -3.28. The predicted molar refractivity (Wildman–Crippen MR) is 166 cm³/mol. The molecule has 11 heteroatoms. The first-order valence-corrected chi connectivity index (χ1v) is 15.6. The molecular weight excluding hydrogens is 574 g/mol. The number of unbranched alkanes of at least 4 members (excludes halogenated alkanes) is 3. The van der Waals surface area contributed by atoms with Gasteiger partial charge in [-0.15, -0.1) is 24.9 Å². The Morgan fingerprint density at radius 3 is 2.14 bits per heavy atom. The van der Waals surface area contributed by atoms with Gasteiger partial charge in [0.15, 0.2) is 0 Å². The van der Waals surface area contributed by atoms with E-state index in [9.17, 15) is 19.2 Å². The van der Waals surface area contributed by atoms with Crippen molar-refractivity contribution in [1.82, 2.24) is 0 Å². The van der Waals surface area contributed by atoms with Gasteiger partial charge >= 0.3 is 17.9 Å². The third kappa shape index (κ3) is 18.8. The van der Waals surface area contributed by atoms with E-state index in [1.807, 2.05) is 0 Å². The SMILES string of the molecule is C=CCOCCC(=O)OCCC(C)OC(=O)CSc1ccc(C(=O)/C(CCCCCC)=N/OC(=O)CCOCC=C)cc1. The fourth-order valence-corrected chi connectivity index (χ4v) is 4.14. The lowest BCUT2D eigenvalue weighted by Gasteiger charge is -2.13. The molecule has 0 N–H and O–H groups in total. The first kappa shape index (κ1) is 37.7. The molecule has 0 aliphatic rings. The molecule has 1 unspecified atom stereocenters. The highest BCUT2D eigenvalue weighted by atomic mass is 32.2. The van der Waals surface area contributed by atoms with Crippen LogP contribution in [0.15, 0.2) is 59.6 Å². The number of carbonyl (C=O) groups excluding carboxylic acids is 4. The van der Waals surface area contributed by atoms with E-state index in [2.05, 4.69) is 25.2 Å². The minimum absolute atomic E-state index is 0.0156. The zero-order valence-corrected chi connectivity index (χ0v) is 26.2. The molecule has 1 aromatic carbocycles. The van der Waals surface area contributed by atoms with E-state index in [1.54, 1.807) is 43.3 Å². The summed E-state index contributed by atoms with van der Waals surface area (Å²) in [5.74, 6) is -1.60. The second-order valence-corrected chi connectivity index (χ2v) is 10.5. The van der Waals surface area contributed by atoms with Crippen LogP contribution in [0.2, 0.25) is 0 Å². The number of esters is 2. The highest BCUT2D eigenvalue weighted by Gasteiger charge is 2.17. The maximum absolute atomic E-state index is 13.1. The minimum Gasteiger partial charge on any atom is -0.465 e. The number of ketones is 1.